The molecule has 1 atom stereocenters. The lowest BCUT2D eigenvalue weighted by Crippen LogP contribution is -2.39. The number of likely N-dealkylation sites (tertiary alicyclic amines) is 1. The Balaban J connectivity index is 1.39. The average Bonchev–Trinajstić information content (AvgIpc) is 2.88. The van der Waals surface area contributed by atoms with Crippen molar-refractivity contribution >= 4 is 23.1 Å². The van der Waals surface area contributed by atoms with Gasteiger partial charge < -0.3 is 15.1 Å². The zero-order valence-corrected chi connectivity index (χ0v) is 23.2. The third-order valence-corrected chi connectivity index (χ3v) is 9.61. The standard InChI is InChI=1S/C30H40F3N3S/c1-4-11-35-13-9-24(10-14-35)34-27-16-23(30(31,32)33)17-29-26(27)15-21-7-8-25(18-28(21)37-29)36-12-5-6-22(19-36)20(2)3/h7-8,16-18,20,22,24,34H,4-6,9-15,19H2,1-3H3. The first kappa shape index (κ1) is 26.7. The predicted molar refractivity (Wildman–Crippen MR) is 148 cm³/mol. The van der Waals surface area contributed by atoms with E-state index in [1.807, 2.05) is 0 Å². The highest BCUT2D eigenvalue weighted by molar-refractivity contribution is 7.99. The first-order valence-corrected chi connectivity index (χ1v) is 14.8. The van der Waals surface area contributed by atoms with Crippen molar-refractivity contribution in [1.82, 2.24) is 4.90 Å². The number of anilines is 2. The summed E-state index contributed by atoms with van der Waals surface area (Å²) in [4.78, 5) is 6.75. The molecule has 0 bridgehead atoms. The summed E-state index contributed by atoms with van der Waals surface area (Å²) in [6.45, 7) is 12.0. The van der Waals surface area contributed by atoms with Crippen LogP contribution in [0.2, 0.25) is 0 Å². The molecule has 0 aliphatic carbocycles. The molecule has 3 aliphatic rings. The van der Waals surface area contributed by atoms with E-state index in [0.717, 1.165) is 67.3 Å². The summed E-state index contributed by atoms with van der Waals surface area (Å²) in [6, 6.07) is 9.54. The van der Waals surface area contributed by atoms with Crippen LogP contribution in [0.15, 0.2) is 40.1 Å². The highest BCUT2D eigenvalue weighted by Gasteiger charge is 2.34. The molecule has 7 heteroatoms. The molecule has 0 amide bonds. The monoisotopic (exact) mass is 531 g/mol. The Hall–Kier alpha value is -1.86. The summed E-state index contributed by atoms with van der Waals surface area (Å²) in [6.07, 6.45) is 1.83. The van der Waals surface area contributed by atoms with Crippen LogP contribution in [0, 0.1) is 11.8 Å². The smallest absolute Gasteiger partial charge is 0.382 e. The molecule has 5 rings (SSSR count). The number of nitrogens with zero attached hydrogens (tertiary/aromatic N) is 2. The van der Waals surface area contributed by atoms with Crippen LogP contribution >= 0.6 is 11.8 Å². The van der Waals surface area contributed by atoms with Crippen molar-refractivity contribution < 1.29 is 13.2 Å². The fourth-order valence-corrected chi connectivity index (χ4v) is 7.31. The van der Waals surface area contributed by atoms with Gasteiger partial charge in [0.15, 0.2) is 0 Å². The summed E-state index contributed by atoms with van der Waals surface area (Å²) >= 11 is 1.51. The van der Waals surface area contributed by atoms with Crippen LogP contribution in [0.4, 0.5) is 24.5 Å². The van der Waals surface area contributed by atoms with Gasteiger partial charge in [-0.25, -0.2) is 0 Å². The number of benzene rings is 2. The van der Waals surface area contributed by atoms with Crippen LogP contribution in [0.5, 0.6) is 0 Å². The van der Waals surface area contributed by atoms with E-state index in [2.05, 4.69) is 54.1 Å². The van der Waals surface area contributed by atoms with Crippen LogP contribution < -0.4 is 10.2 Å². The number of hydrogen-bond acceptors (Lipinski definition) is 4. The molecule has 202 valence electrons. The molecule has 2 fully saturated rings. The second-order valence-corrected chi connectivity index (χ2v) is 12.5. The number of fused-ring (bicyclic) bond motifs is 2. The van der Waals surface area contributed by atoms with E-state index in [0.29, 0.717) is 23.9 Å². The zero-order chi connectivity index (χ0) is 26.2. The van der Waals surface area contributed by atoms with E-state index in [1.165, 1.54) is 48.0 Å². The highest BCUT2D eigenvalue weighted by atomic mass is 32.2. The zero-order valence-electron chi connectivity index (χ0n) is 22.3. The van der Waals surface area contributed by atoms with Gasteiger partial charge in [-0.05, 0) is 85.9 Å². The van der Waals surface area contributed by atoms with E-state index in [4.69, 9.17) is 0 Å². The maximum absolute atomic E-state index is 13.9. The van der Waals surface area contributed by atoms with Crippen LogP contribution in [0.25, 0.3) is 0 Å². The molecule has 3 aliphatic heterocycles. The van der Waals surface area contributed by atoms with Crippen LogP contribution in [-0.2, 0) is 12.6 Å². The van der Waals surface area contributed by atoms with Crippen molar-refractivity contribution in [3.8, 4) is 0 Å². The Labute approximate surface area is 224 Å². The number of rotatable bonds is 6. The van der Waals surface area contributed by atoms with Gasteiger partial charge in [-0.3, -0.25) is 0 Å². The van der Waals surface area contributed by atoms with E-state index >= 15 is 0 Å². The van der Waals surface area contributed by atoms with Crippen LogP contribution in [-0.4, -0.2) is 43.7 Å². The minimum atomic E-state index is -4.36. The molecule has 0 radical (unpaired) electrons. The molecule has 1 unspecified atom stereocenters. The lowest BCUT2D eigenvalue weighted by Gasteiger charge is -2.37. The van der Waals surface area contributed by atoms with E-state index < -0.39 is 11.7 Å². The molecular weight excluding hydrogens is 491 g/mol. The molecule has 0 saturated carbocycles. The fraction of sp³-hybridized carbons (Fsp3) is 0.600. The molecule has 37 heavy (non-hydrogen) atoms. The summed E-state index contributed by atoms with van der Waals surface area (Å²) in [7, 11) is 0. The van der Waals surface area contributed by atoms with E-state index in [-0.39, 0.29) is 6.04 Å². The number of hydrogen-bond donors (Lipinski definition) is 1. The summed E-state index contributed by atoms with van der Waals surface area (Å²) < 4.78 is 41.7. The Kier molecular flexibility index (Phi) is 8.02. The quantitative estimate of drug-likeness (QED) is 0.348. The van der Waals surface area contributed by atoms with Gasteiger partial charge in [0.25, 0.3) is 0 Å². The molecule has 2 aromatic carbocycles. The molecule has 3 nitrogen and oxygen atoms in total. The molecule has 0 spiro atoms. The minimum Gasteiger partial charge on any atom is -0.382 e. The first-order chi connectivity index (χ1) is 17.7. The van der Waals surface area contributed by atoms with Gasteiger partial charge in [0.1, 0.15) is 0 Å². The summed E-state index contributed by atoms with van der Waals surface area (Å²) in [5.74, 6) is 1.35. The lowest BCUT2D eigenvalue weighted by molar-refractivity contribution is -0.137. The van der Waals surface area contributed by atoms with Crippen molar-refractivity contribution in [2.75, 3.05) is 42.9 Å². The third-order valence-electron chi connectivity index (χ3n) is 8.43. The van der Waals surface area contributed by atoms with Crippen molar-refractivity contribution in [3.05, 3.63) is 47.0 Å². The Morgan fingerprint density at radius 2 is 1.81 bits per heavy atom. The third kappa shape index (κ3) is 6.08. The van der Waals surface area contributed by atoms with Gasteiger partial charge >= 0.3 is 6.18 Å². The average molecular weight is 532 g/mol. The Morgan fingerprint density at radius 3 is 2.51 bits per heavy atom. The molecule has 2 aromatic rings. The summed E-state index contributed by atoms with van der Waals surface area (Å²) in [5, 5.41) is 3.55. The largest absolute Gasteiger partial charge is 0.416 e. The topological polar surface area (TPSA) is 18.5 Å². The van der Waals surface area contributed by atoms with Gasteiger partial charge in [0.05, 0.1) is 5.56 Å². The highest BCUT2D eigenvalue weighted by Crippen LogP contribution is 2.47. The second kappa shape index (κ2) is 11.1. The van der Waals surface area contributed by atoms with Crippen molar-refractivity contribution in [2.24, 2.45) is 11.8 Å². The lowest BCUT2D eigenvalue weighted by atomic mass is 9.87. The van der Waals surface area contributed by atoms with Crippen LogP contribution in [0.3, 0.4) is 0 Å². The molecule has 0 aromatic heterocycles. The second-order valence-electron chi connectivity index (χ2n) is 11.4. The molecular formula is C30H40F3N3S. The number of piperidine rings is 2. The van der Waals surface area contributed by atoms with Crippen molar-refractivity contribution in [2.45, 2.75) is 81.3 Å². The van der Waals surface area contributed by atoms with Crippen LogP contribution in [0.1, 0.15) is 69.6 Å². The summed E-state index contributed by atoms with van der Waals surface area (Å²) in [5.41, 5.74) is 3.52. The number of alkyl halides is 3. The van der Waals surface area contributed by atoms with Gasteiger partial charge in [-0.1, -0.05) is 38.6 Å². The molecule has 2 saturated heterocycles. The maximum Gasteiger partial charge on any atom is 0.416 e. The normalized spacial score (nSPS) is 21.2. The molecule has 3 heterocycles. The predicted octanol–water partition coefficient (Wildman–Crippen LogP) is 7.92. The van der Waals surface area contributed by atoms with Gasteiger partial charge in [0.2, 0.25) is 0 Å². The SMILES string of the molecule is CCCN1CCC(Nc2cc(C(F)(F)F)cc3c2Cc2ccc(N4CCCC(C(C)C)C4)cc2S3)CC1. The van der Waals surface area contributed by atoms with Gasteiger partial charge in [-0.2, -0.15) is 13.2 Å². The number of halogens is 3. The Bertz CT molecular complexity index is 1090. The minimum absolute atomic E-state index is 0.211. The van der Waals surface area contributed by atoms with Gasteiger partial charge in [0, 0.05) is 59.8 Å². The van der Waals surface area contributed by atoms with Crippen molar-refractivity contribution in [1.29, 1.82) is 0 Å². The van der Waals surface area contributed by atoms with E-state index in [9.17, 15) is 13.2 Å². The Morgan fingerprint density at radius 1 is 1.03 bits per heavy atom. The van der Waals surface area contributed by atoms with Crippen molar-refractivity contribution in [3.63, 3.8) is 0 Å². The maximum atomic E-state index is 13.9. The fourth-order valence-electron chi connectivity index (χ4n) is 6.13. The van der Waals surface area contributed by atoms with E-state index in [1.54, 1.807) is 0 Å². The number of nitrogens with one attached hydrogen (secondary N) is 1. The van der Waals surface area contributed by atoms with Gasteiger partial charge in [-0.15, -0.1) is 0 Å². The first-order valence-electron chi connectivity index (χ1n) is 14.0. The molecule has 1 N–H and O–H groups in total.